The molecular formula is C13H10BrNO3. The smallest absolute Gasteiger partial charge is 0.354 e. The maximum absolute atomic E-state index is 10.7. The lowest BCUT2D eigenvalue weighted by atomic mass is 10.2. The Hall–Kier alpha value is -1.88. The van der Waals surface area contributed by atoms with Crippen molar-refractivity contribution in [3.8, 4) is 5.75 Å². The molecule has 5 heteroatoms. The zero-order chi connectivity index (χ0) is 13.0. The van der Waals surface area contributed by atoms with Crippen LogP contribution in [0.5, 0.6) is 5.75 Å². The molecule has 0 unspecified atom stereocenters. The number of nitrogens with zero attached hydrogens (tertiary/aromatic N) is 1. The van der Waals surface area contributed by atoms with Crippen molar-refractivity contribution >= 4 is 21.9 Å². The Balaban J connectivity index is 2.06. The molecule has 0 saturated carbocycles. The molecule has 0 fully saturated rings. The molecule has 2 aromatic rings. The molecule has 0 aliphatic rings. The molecule has 1 aromatic carbocycles. The van der Waals surface area contributed by atoms with Crippen molar-refractivity contribution in [2.24, 2.45) is 0 Å². The zero-order valence-electron chi connectivity index (χ0n) is 9.34. The molecule has 0 bridgehead atoms. The van der Waals surface area contributed by atoms with Crippen molar-refractivity contribution in [3.63, 3.8) is 0 Å². The lowest BCUT2D eigenvalue weighted by molar-refractivity contribution is 0.0690. The van der Waals surface area contributed by atoms with Crippen LogP contribution in [0.15, 0.2) is 47.1 Å². The van der Waals surface area contributed by atoms with Crippen LogP contribution in [-0.4, -0.2) is 16.1 Å². The van der Waals surface area contributed by atoms with Gasteiger partial charge in [0, 0.05) is 16.7 Å². The first-order valence-corrected chi connectivity index (χ1v) is 6.01. The summed E-state index contributed by atoms with van der Waals surface area (Å²) < 4.78 is 6.49. The molecule has 18 heavy (non-hydrogen) atoms. The largest absolute Gasteiger partial charge is 0.489 e. The van der Waals surface area contributed by atoms with Crippen LogP contribution < -0.4 is 4.74 Å². The minimum Gasteiger partial charge on any atom is -0.489 e. The molecule has 0 atom stereocenters. The number of hydrogen-bond acceptors (Lipinski definition) is 3. The summed E-state index contributed by atoms with van der Waals surface area (Å²) in [7, 11) is 0. The number of carboxylic acid groups (broad SMARTS) is 1. The lowest BCUT2D eigenvalue weighted by Crippen LogP contribution is -2.01. The summed E-state index contributed by atoms with van der Waals surface area (Å²) >= 11 is 3.38. The van der Waals surface area contributed by atoms with Gasteiger partial charge in [-0.1, -0.05) is 28.1 Å². The van der Waals surface area contributed by atoms with Crippen LogP contribution in [0.1, 0.15) is 16.1 Å². The van der Waals surface area contributed by atoms with Crippen LogP contribution in [0.2, 0.25) is 0 Å². The van der Waals surface area contributed by atoms with Crippen LogP contribution in [0, 0.1) is 0 Å². The van der Waals surface area contributed by atoms with E-state index in [0.29, 0.717) is 12.4 Å². The van der Waals surface area contributed by atoms with E-state index >= 15 is 0 Å². The van der Waals surface area contributed by atoms with Gasteiger partial charge in [0.15, 0.2) is 5.69 Å². The van der Waals surface area contributed by atoms with E-state index in [4.69, 9.17) is 9.84 Å². The van der Waals surface area contributed by atoms with Gasteiger partial charge >= 0.3 is 5.97 Å². The van der Waals surface area contributed by atoms with Crippen LogP contribution in [0.3, 0.4) is 0 Å². The number of aromatic nitrogens is 1. The lowest BCUT2D eigenvalue weighted by Gasteiger charge is -2.06. The molecule has 0 radical (unpaired) electrons. The van der Waals surface area contributed by atoms with Crippen molar-refractivity contribution in [2.45, 2.75) is 6.61 Å². The molecule has 0 amide bonds. The Morgan fingerprint density at radius 1 is 1.33 bits per heavy atom. The van der Waals surface area contributed by atoms with E-state index in [2.05, 4.69) is 20.9 Å². The van der Waals surface area contributed by atoms with Crippen LogP contribution >= 0.6 is 15.9 Å². The van der Waals surface area contributed by atoms with Crippen LogP contribution in [-0.2, 0) is 6.61 Å². The maximum Gasteiger partial charge on any atom is 0.354 e. The third kappa shape index (κ3) is 3.30. The maximum atomic E-state index is 10.7. The standard InChI is InChI=1S/C13H10BrNO3/c14-10-3-1-2-9(6-10)8-18-11-4-5-15-12(7-11)13(16)17/h1-7H,8H2,(H,16,17). The highest BCUT2D eigenvalue weighted by Crippen LogP contribution is 2.16. The Kier molecular flexibility index (Phi) is 3.94. The monoisotopic (exact) mass is 307 g/mol. The highest BCUT2D eigenvalue weighted by molar-refractivity contribution is 9.10. The van der Waals surface area contributed by atoms with Gasteiger partial charge in [-0.05, 0) is 23.8 Å². The number of hydrogen-bond donors (Lipinski definition) is 1. The Morgan fingerprint density at radius 2 is 2.17 bits per heavy atom. The fourth-order valence-electron chi connectivity index (χ4n) is 1.41. The van der Waals surface area contributed by atoms with E-state index in [1.165, 1.54) is 12.3 Å². The average Bonchev–Trinajstić information content (AvgIpc) is 2.37. The molecule has 1 N–H and O–H groups in total. The molecule has 0 aliphatic heterocycles. The second-order valence-electron chi connectivity index (χ2n) is 3.60. The summed E-state index contributed by atoms with van der Waals surface area (Å²) in [5.74, 6) is -0.578. The summed E-state index contributed by atoms with van der Waals surface area (Å²) in [6, 6.07) is 10.8. The van der Waals surface area contributed by atoms with Crippen molar-refractivity contribution in [1.29, 1.82) is 0 Å². The van der Waals surface area contributed by atoms with Crippen molar-refractivity contribution in [1.82, 2.24) is 4.98 Å². The molecule has 1 aromatic heterocycles. The van der Waals surface area contributed by atoms with Crippen LogP contribution in [0.4, 0.5) is 0 Å². The molecule has 0 aliphatic carbocycles. The van der Waals surface area contributed by atoms with E-state index in [1.54, 1.807) is 6.07 Å². The summed E-state index contributed by atoms with van der Waals surface area (Å²) in [5.41, 5.74) is 0.972. The number of aromatic carboxylic acids is 1. The van der Waals surface area contributed by atoms with Crippen molar-refractivity contribution < 1.29 is 14.6 Å². The summed E-state index contributed by atoms with van der Waals surface area (Å²) in [4.78, 5) is 14.5. The first-order chi connectivity index (χ1) is 8.65. The first-order valence-electron chi connectivity index (χ1n) is 5.22. The molecule has 1 heterocycles. The fraction of sp³-hybridized carbons (Fsp3) is 0.0769. The van der Waals surface area contributed by atoms with E-state index in [0.717, 1.165) is 10.0 Å². The summed E-state index contributed by atoms with van der Waals surface area (Å²) in [6.45, 7) is 0.377. The Morgan fingerprint density at radius 3 is 2.89 bits per heavy atom. The average molecular weight is 308 g/mol. The van der Waals surface area contributed by atoms with E-state index in [9.17, 15) is 4.79 Å². The zero-order valence-corrected chi connectivity index (χ0v) is 10.9. The Bertz CT molecular complexity index is 572. The molecule has 0 spiro atoms. The SMILES string of the molecule is O=C(O)c1cc(OCc2cccc(Br)c2)ccn1. The van der Waals surface area contributed by atoms with Gasteiger partial charge in [-0.3, -0.25) is 0 Å². The number of carbonyl (C=O) groups is 1. The first kappa shape index (κ1) is 12.6. The van der Waals surface area contributed by atoms with Gasteiger partial charge in [0.05, 0.1) is 0 Å². The molecule has 0 saturated heterocycles. The van der Waals surface area contributed by atoms with E-state index in [1.807, 2.05) is 24.3 Å². The predicted octanol–water partition coefficient (Wildman–Crippen LogP) is 3.12. The van der Waals surface area contributed by atoms with Crippen LogP contribution in [0.25, 0.3) is 0 Å². The highest BCUT2D eigenvalue weighted by Gasteiger charge is 2.05. The second-order valence-corrected chi connectivity index (χ2v) is 4.52. The second kappa shape index (κ2) is 5.64. The van der Waals surface area contributed by atoms with E-state index < -0.39 is 5.97 Å². The number of carboxylic acids is 1. The van der Waals surface area contributed by atoms with Gasteiger partial charge in [0.1, 0.15) is 12.4 Å². The van der Waals surface area contributed by atoms with Gasteiger partial charge in [0.25, 0.3) is 0 Å². The van der Waals surface area contributed by atoms with Crippen molar-refractivity contribution in [2.75, 3.05) is 0 Å². The minimum atomic E-state index is -1.07. The summed E-state index contributed by atoms with van der Waals surface area (Å²) in [6.07, 6.45) is 1.42. The quantitative estimate of drug-likeness (QED) is 0.943. The molecule has 92 valence electrons. The van der Waals surface area contributed by atoms with Gasteiger partial charge in [0.2, 0.25) is 0 Å². The fourth-order valence-corrected chi connectivity index (χ4v) is 1.86. The molecule has 2 rings (SSSR count). The number of halogens is 1. The topological polar surface area (TPSA) is 59.4 Å². The van der Waals surface area contributed by atoms with Gasteiger partial charge in [-0.25, -0.2) is 9.78 Å². The third-order valence-corrected chi connectivity index (χ3v) is 2.74. The predicted molar refractivity (Wildman–Crippen MR) is 69.7 cm³/mol. The number of ether oxygens (including phenoxy) is 1. The number of pyridine rings is 1. The summed E-state index contributed by atoms with van der Waals surface area (Å²) in [5, 5.41) is 8.81. The number of rotatable bonds is 4. The van der Waals surface area contributed by atoms with E-state index in [-0.39, 0.29) is 5.69 Å². The third-order valence-electron chi connectivity index (χ3n) is 2.25. The highest BCUT2D eigenvalue weighted by atomic mass is 79.9. The Labute approximate surface area is 112 Å². The van der Waals surface area contributed by atoms with Gasteiger partial charge in [-0.15, -0.1) is 0 Å². The van der Waals surface area contributed by atoms with Crippen molar-refractivity contribution in [3.05, 3.63) is 58.3 Å². The molecule has 4 nitrogen and oxygen atoms in total. The van der Waals surface area contributed by atoms with Gasteiger partial charge < -0.3 is 9.84 Å². The molecular weight excluding hydrogens is 298 g/mol. The van der Waals surface area contributed by atoms with Gasteiger partial charge in [-0.2, -0.15) is 0 Å². The number of benzene rings is 1. The normalized spacial score (nSPS) is 10.1. The minimum absolute atomic E-state index is 0.0262.